The zero-order valence-corrected chi connectivity index (χ0v) is 10.1. The summed E-state index contributed by atoms with van der Waals surface area (Å²) in [5, 5.41) is 26.8. The number of nitrogens with one attached hydrogen (secondary N) is 1. The van der Waals surface area contributed by atoms with E-state index in [1.54, 1.807) is 7.05 Å². The van der Waals surface area contributed by atoms with Gasteiger partial charge in [0.1, 0.15) is 5.69 Å². The lowest BCUT2D eigenvalue weighted by atomic mass is 10.2. The number of anilines is 1. The van der Waals surface area contributed by atoms with Gasteiger partial charge in [-0.05, 0) is 12.8 Å². The van der Waals surface area contributed by atoms with Crippen LogP contribution in [-0.2, 0) is 13.5 Å². The molecule has 96 valence electrons. The number of rotatable bonds is 7. The average Bonchev–Trinajstić information content (AvgIpc) is 2.56. The molecule has 0 amide bonds. The van der Waals surface area contributed by atoms with E-state index < -0.39 is 4.92 Å². The first-order valence-corrected chi connectivity index (χ1v) is 5.66. The van der Waals surface area contributed by atoms with Gasteiger partial charge in [-0.25, -0.2) is 4.68 Å². The minimum Gasteiger partial charge on any atom is -0.396 e. The first-order valence-electron chi connectivity index (χ1n) is 5.66. The van der Waals surface area contributed by atoms with Gasteiger partial charge in [-0.1, -0.05) is 13.3 Å². The summed E-state index contributed by atoms with van der Waals surface area (Å²) in [6.07, 6.45) is 1.95. The molecule has 0 atom stereocenters. The molecule has 7 nitrogen and oxygen atoms in total. The first-order chi connectivity index (χ1) is 8.11. The Morgan fingerprint density at radius 2 is 2.29 bits per heavy atom. The van der Waals surface area contributed by atoms with E-state index in [-0.39, 0.29) is 12.3 Å². The van der Waals surface area contributed by atoms with Gasteiger partial charge in [-0.2, -0.15) is 5.10 Å². The largest absolute Gasteiger partial charge is 0.396 e. The number of nitro groups is 1. The van der Waals surface area contributed by atoms with Gasteiger partial charge in [0.15, 0.2) is 0 Å². The van der Waals surface area contributed by atoms with Crippen molar-refractivity contribution in [1.82, 2.24) is 9.78 Å². The summed E-state index contributed by atoms with van der Waals surface area (Å²) in [6.45, 7) is 2.50. The van der Waals surface area contributed by atoms with Gasteiger partial charge in [0.2, 0.25) is 5.82 Å². The number of aliphatic hydroxyl groups is 1. The quantitative estimate of drug-likeness (QED) is 0.424. The van der Waals surface area contributed by atoms with Gasteiger partial charge in [0.25, 0.3) is 0 Å². The molecule has 0 spiro atoms. The molecule has 7 heteroatoms. The molecule has 0 saturated heterocycles. The number of hydrogen-bond donors (Lipinski definition) is 2. The standard InChI is InChI=1S/C10H18N4O3/c1-3-5-8-9(14(16)17)10(13(2)12-8)11-6-4-7-15/h11,15H,3-7H2,1-2H3. The van der Waals surface area contributed by atoms with Gasteiger partial charge in [0.05, 0.1) is 4.92 Å². The van der Waals surface area contributed by atoms with Crippen molar-refractivity contribution in [1.29, 1.82) is 0 Å². The van der Waals surface area contributed by atoms with Gasteiger partial charge in [0, 0.05) is 20.2 Å². The first kappa shape index (κ1) is 13.4. The van der Waals surface area contributed by atoms with Crippen molar-refractivity contribution in [3.63, 3.8) is 0 Å². The van der Waals surface area contributed by atoms with E-state index in [1.807, 2.05) is 6.92 Å². The lowest BCUT2D eigenvalue weighted by Crippen LogP contribution is -2.09. The van der Waals surface area contributed by atoms with Crippen molar-refractivity contribution in [2.75, 3.05) is 18.5 Å². The fraction of sp³-hybridized carbons (Fsp3) is 0.700. The second kappa shape index (κ2) is 6.19. The minimum absolute atomic E-state index is 0.0484. The summed E-state index contributed by atoms with van der Waals surface area (Å²) in [5.74, 6) is 0.409. The van der Waals surface area contributed by atoms with Crippen molar-refractivity contribution < 1.29 is 10.0 Å². The van der Waals surface area contributed by atoms with E-state index in [9.17, 15) is 10.1 Å². The van der Waals surface area contributed by atoms with Crippen LogP contribution in [0.4, 0.5) is 11.5 Å². The third-order valence-electron chi connectivity index (χ3n) is 2.39. The van der Waals surface area contributed by atoms with Crippen molar-refractivity contribution in [3.05, 3.63) is 15.8 Å². The van der Waals surface area contributed by atoms with E-state index >= 15 is 0 Å². The van der Waals surface area contributed by atoms with Crippen molar-refractivity contribution >= 4 is 11.5 Å². The van der Waals surface area contributed by atoms with Crippen molar-refractivity contribution in [2.24, 2.45) is 7.05 Å². The molecule has 1 aromatic heterocycles. The highest BCUT2D eigenvalue weighted by Gasteiger charge is 2.25. The highest BCUT2D eigenvalue weighted by atomic mass is 16.6. The van der Waals surface area contributed by atoms with Crippen LogP contribution in [-0.4, -0.2) is 33.0 Å². The number of aromatic nitrogens is 2. The van der Waals surface area contributed by atoms with Crippen LogP contribution in [0.15, 0.2) is 0 Å². The molecule has 0 saturated carbocycles. The topological polar surface area (TPSA) is 93.2 Å². The molecule has 0 radical (unpaired) electrons. The fourth-order valence-electron chi connectivity index (χ4n) is 1.65. The zero-order chi connectivity index (χ0) is 12.8. The maximum absolute atomic E-state index is 11.0. The van der Waals surface area contributed by atoms with Crippen LogP contribution >= 0.6 is 0 Å². The molecular formula is C10H18N4O3. The van der Waals surface area contributed by atoms with Crippen LogP contribution in [0.2, 0.25) is 0 Å². The lowest BCUT2D eigenvalue weighted by molar-refractivity contribution is -0.384. The summed E-state index contributed by atoms with van der Waals surface area (Å²) in [5.41, 5.74) is 0.554. The summed E-state index contributed by atoms with van der Waals surface area (Å²) in [7, 11) is 1.67. The molecule has 0 fully saturated rings. The van der Waals surface area contributed by atoms with Crippen molar-refractivity contribution in [2.45, 2.75) is 26.2 Å². The summed E-state index contributed by atoms with van der Waals surface area (Å²) in [4.78, 5) is 10.6. The highest BCUT2D eigenvalue weighted by molar-refractivity contribution is 5.59. The molecule has 0 bridgehead atoms. The Balaban J connectivity index is 2.96. The van der Waals surface area contributed by atoms with Gasteiger partial charge in [-0.15, -0.1) is 0 Å². The Kier molecular flexibility index (Phi) is 4.89. The zero-order valence-electron chi connectivity index (χ0n) is 10.1. The molecule has 0 aromatic carbocycles. The third-order valence-corrected chi connectivity index (χ3v) is 2.39. The minimum atomic E-state index is -0.403. The second-order valence-corrected chi connectivity index (χ2v) is 3.78. The highest BCUT2D eigenvalue weighted by Crippen LogP contribution is 2.28. The smallest absolute Gasteiger partial charge is 0.333 e. The molecule has 1 rings (SSSR count). The Labute approximate surface area is 99.6 Å². The molecule has 0 aliphatic rings. The maximum Gasteiger partial charge on any atom is 0.333 e. The van der Waals surface area contributed by atoms with E-state index in [2.05, 4.69) is 10.4 Å². The lowest BCUT2D eigenvalue weighted by Gasteiger charge is -2.04. The van der Waals surface area contributed by atoms with E-state index in [0.717, 1.165) is 6.42 Å². The van der Waals surface area contributed by atoms with Gasteiger partial charge < -0.3 is 10.4 Å². The number of aryl methyl sites for hydroxylation is 2. The van der Waals surface area contributed by atoms with E-state index in [1.165, 1.54) is 4.68 Å². The summed E-state index contributed by atoms with van der Waals surface area (Å²) < 4.78 is 1.49. The number of nitrogens with zero attached hydrogens (tertiary/aromatic N) is 3. The molecule has 0 aliphatic heterocycles. The normalized spacial score (nSPS) is 10.5. The molecule has 1 heterocycles. The Morgan fingerprint density at radius 3 is 2.82 bits per heavy atom. The van der Waals surface area contributed by atoms with Crippen LogP contribution in [0.3, 0.4) is 0 Å². The molecule has 0 unspecified atom stereocenters. The Bertz CT molecular complexity index is 389. The van der Waals surface area contributed by atoms with Crippen molar-refractivity contribution in [3.8, 4) is 0 Å². The van der Waals surface area contributed by atoms with E-state index in [0.29, 0.717) is 30.9 Å². The number of aliphatic hydroxyl groups excluding tert-OH is 1. The molecule has 2 N–H and O–H groups in total. The molecule has 0 aliphatic carbocycles. The summed E-state index contributed by atoms with van der Waals surface area (Å²) >= 11 is 0. The van der Waals surface area contributed by atoms with Crippen LogP contribution in [0.5, 0.6) is 0 Å². The predicted molar refractivity (Wildman–Crippen MR) is 64.0 cm³/mol. The average molecular weight is 242 g/mol. The second-order valence-electron chi connectivity index (χ2n) is 3.78. The van der Waals surface area contributed by atoms with Crippen LogP contribution in [0.25, 0.3) is 0 Å². The van der Waals surface area contributed by atoms with Gasteiger partial charge >= 0.3 is 5.69 Å². The van der Waals surface area contributed by atoms with Gasteiger partial charge in [-0.3, -0.25) is 10.1 Å². The monoisotopic (exact) mass is 242 g/mol. The Morgan fingerprint density at radius 1 is 1.59 bits per heavy atom. The summed E-state index contributed by atoms with van der Waals surface area (Å²) in [6, 6.07) is 0. The molecule has 1 aromatic rings. The Hall–Kier alpha value is -1.63. The number of hydrogen-bond acceptors (Lipinski definition) is 5. The SMILES string of the molecule is CCCc1nn(C)c(NCCCO)c1[N+](=O)[O-]. The van der Waals surface area contributed by atoms with Crippen LogP contribution in [0, 0.1) is 10.1 Å². The fourth-order valence-corrected chi connectivity index (χ4v) is 1.65. The third kappa shape index (κ3) is 3.16. The van der Waals surface area contributed by atoms with E-state index in [4.69, 9.17) is 5.11 Å². The van der Waals surface area contributed by atoms with Crippen LogP contribution in [0.1, 0.15) is 25.5 Å². The molecular weight excluding hydrogens is 224 g/mol. The predicted octanol–water partition coefficient (Wildman–Crippen LogP) is 1.08. The van der Waals surface area contributed by atoms with Crippen LogP contribution < -0.4 is 5.32 Å². The molecule has 17 heavy (non-hydrogen) atoms. The maximum atomic E-state index is 11.0.